The number of nitrogen functional groups attached to an aromatic ring is 1. The maximum Gasteiger partial charge on any atom is 0.332 e. The van der Waals surface area contributed by atoms with E-state index >= 15 is 0 Å². The van der Waals surface area contributed by atoms with Gasteiger partial charge in [0.2, 0.25) is 0 Å². The Morgan fingerprint density at radius 2 is 1.81 bits per heavy atom. The van der Waals surface area contributed by atoms with Crippen molar-refractivity contribution >= 4 is 34.4 Å². The monoisotopic (exact) mass is 437 g/mol. The fourth-order valence-electron chi connectivity index (χ4n) is 3.19. The highest BCUT2D eigenvalue weighted by Gasteiger charge is 2.26. The second-order valence-corrected chi connectivity index (χ2v) is 8.23. The molecule has 4 aromatic rings. The van der Waals surface area contributed by atoms with Gasteiger partial charge >= 0.3 is 5.69 Å². The third-order valence-electron chi connectivity index (χ3n) is 4.94. The van der Waals surface area contributed by atoms with Gasteiger partial charge < -0.3 is 5.73 Å². The molecule has 1 atom stereocenters. The lowest BCUT2D eigenvalue weighted by Gasteiger charge is -2.14. The standard InChI is InChI=1S/C20H19N7O3S/c1-11(15(28)14-16(21)25(2)20(30)26(3)19(14)29)31-18-13-9-24-27(17(13)22-10-23-18)12-7-5-4-6-8-12/h4-11H,21H2,1-3H3. The topological polar surface area (TPSA) is 131 Å². The van der Waals surface area contributed by atoms with Gasteiger partial charge in [-0.15, -0.1) is 0 Å². The van der Waals surface area contributed by atoms with Crippen LogP contribution in [0.1, 0.15) is 17.3 Å². The highest BCUT2D eigenvalue weighted by Crippen LogP contribution is 2.30. The number of hydrogen-bond donors (Lipinski definition) is 1. The second kappa shape index (κ2) is 7.84. The number of para-hydroxylation sites is 1. The first-order valence-electron chi connectivity index (χ1n) is 9.31. The molecule has 0 saturated carbocycles. The van der Waals surface area contributed by atoms with Crippen molar-refractivity contribution in [3.63, 3.8) is 0 Å². The summed E-state index contributed by atoms with van der Waals surface area (Å²) in [5.41, 5.74) is 5.84. The molecule has 3 heterocycles. The van der Waals surface area contributed by atoms with Crippen molar-refractivity contribution in [2.75, 3.05) is 5.73 Å². The highest BCUT2D eigenvalue weighted by molar-refractivity contribution is 8.00. The Kier molecular flexibility index (Phi) is 5.19. The predicted octanol–water partition coefficient (Wildman–Crippen LogP) is 1.16. The Morgan fingerprint density at radius 1 is 1.10 bits per heavy atom. The third kappa shape index (κ3) is 3.42. The van der Waals surface area contributed by atoms with Crippen molar-refractivity contribution in [2.45, 2.75) is 17.2 Å². The Morgan fingerprint density at radius 3 is 2.52 bits per heavy atom. The van der Waals surface area contributed by atoms with E-state index in [9.17, 15) is 14.4 Å². The van der Waals surface area contributed by atoms with Gasteiger partial charge in [-0.05, 0) is 19.1 Å². The molecule has 2 N–H and O–H groups in total. The zero-order valence-corrected chi connectivity index (χ0v) is 17.8. The number of thioether (sulfide) groups is 1. The highest BCUT2D eigenvalue weighted by atomic mass is 32.2. The molecule has 1 aromatic carbocycles. The molecule has 1 unspecified atom stereocenters. The smallest absolute Gasteiger partial charge is 0.332 e. The third-order valence-corrected chi connectivity index (χ3v) is 6.06. The molecule has 4 rings (SSSR count). The molecular formula is C20H19N7O3S. The van der Waals surface area contributed by atoms with Gasteiger partial charge in [0.05, 0.1) is 22.5 Å². The number of anilines is 1. The average molecular weight is 437 g/mol. The van der Waals surface area contributed by atoms with E-state index in [1.807, 2.05) is 30.3 Å². The number of aromatic nitrogens is 6. The second-order valence-electron chi connectivity index (χ2n) is 6.90. The van der Waals surface area contributed by atoms with Crippen molar-refractivity contribution in [1.82, 2.24) is 28.9 Å². The molecule has 0 saturated heterocycles. The SMILES string of the molecule is CC(Sc1ncnc2c1cnn2-c1ccccc1)C(=O)c1c(N)n(C)c(=O)n(C)c1=O. The normalized spacial score (nSPS) is 12.2. The molecular weight excluding hydrogens is 418 g/mol. The Balaban J connectivity index is 1.71. The number of nitrogens with zero attached hydrogens (tertiary/aromatic N) is 6. The van der Waals surface area contributed by atoms with Gasteiger partial charge in [0, 0.05) is 14.1 Å². The van der Waals surface area contributed by atoms with Crippen molar-refractivity contribution in [3.05, 3.63) is 69.3 Å². The first kappa shape index (κ1) is 20.5. The van der Waals surface area contributed by atoms with E-state index in [1.54, 1.807) is 17.8 Å². The van der Waals surface area contributed by atoms with Crippen LogP contribution < -0.4 is 17.0 Å². The van der Waals surface area contributed by atoms with Crippen LogP contribution in [0.3, 0.4) is 0 Å². The molecule has 0 aliphatic rings. The average Bonchev–Trinajstić information content (AvgIpc) is 3.22. The lowest BCUT2D eigenvalue weighted by atomic mass is 10.1. The van der Waals surface area contributed by atoms with Crippen LogP contribution in [0.25, 0.3) is 16.7 Å². The molecule has 0 amide bonds. The fourth-order valence-corrected chi connectivity index (χ4v) is 4.13. The number of carbonyl (C=O) groups excluding carboxylic acids is 1. The Labute approximate surface area is 180 Å². The molecule has 10 nitrogen and oxygen atoms in total. The maximum atomic E-state index is 13.1. The summed E-state index contributed by atoms with van der Waals surface area (Å²) in [6.07, 6.45) is 3.05. The van der Waals surface area contributed by atoms with Crippen LogP contribution in [-0.4, -0.2) is 39.9 Å². The molecule has 0 fully saturated rings. The molecule has 0 radical (unpaired) electrons. The van der Waals surface area contributed by atoms with E-state index in [-0.39, 0.29) is 11.4 Å². The van der Waals surface area contributed by atoms with Gasteiger partial charge in [0.1, 0.15) is 22.7 Å². The van der Waals surface area contributed by atoms with E-state index in [0.717, 1.165) is 14.8 Å². The molecule has 31 heavy (non-hydrogen) atoms. The molecule has 158 valence electrons. The van der Waals surface area contributed by atoms with E-state index in [0.29, 0.717) is 16.1 Å². The first-order valence-corrected chi connectivity index (χ1v) is 10.2. The summed E-state index contributed by atoms with van der Waals surface area (Å²) in [7, 11) is 2.72. The molecule has 0 aliphatic carbocycles. The Hall–Kier alpha value is -3.73. The Bertz CT molecular complexity index is 1420. The van der Waals surface area contributed by atoms with E-state index in [1.165, 1.54) is 32.2 Å². The van der Waals surface area contributed by atoms with E-state index < -0.39 is 22.3 Å². The summed E-state index contributed by atoms with van der Waals surface area (Å²) in [6, 6.07) is 9.53. The predicted molar refractivity (Wildman–Crippen MR) is 118 cm³/mol. The van der Waals surface area contributed by atoms with Crippen LogP contribution >= 0.6 is 11.8 Å². The van der Waals surface area contributed by atoms with Gasteiger partial charge in [-0.2, -0.15) is 5.10 Å². The van der Waals surface area contributed by atoms with Gasteiger partial charge in [0.25, 0.3) is 5.56 Å². The number of carbonyl (C=O) groups is 1. The van der Waals surface area contributed by atoms with Crippen molar-refractivity contribution in [2.24, 2.45) is 14.1 Å². The quantitative estimate of drug-likeness (QED) is 0.280. The van der Waals surface area contributed by atoms with Gasteiger partial charge in [-0.25, -0.2) is 19.4 Å². The summed E-state index contributed by atoms with van der Waals surface area (Å²) in [5, 5.41) is 4.94. The van der Waals surface area contributed by atoms with E-state index in [4.69, 9.17) is 5.73 Å². The summed E-state index contributed by atoms with van der Waals surface area (Å²) in [4.78, 5) is 46.3. The van der Waals surface area contributed by atoms with Gasteiger partial charge in [-0.1, -0.05) is 30.0 Å². The van der Waals surface area contributed by atoms with Crippen LogP contribution in [-0.2, 0) is 14.1 Å². The van der Waals surface area contributed by atoms with Crippen molar-refractivity contribution in [3.8, 4) is 5.69 Å². The number of rotatable bonds is 5. The lowest BCUT2D eigenvalue weighted by Crippen LogP contribution is -2.42. The summed E-state index contributed by atoms with van der Waals surface area (Å²) in [5.74, 6) is -0.642. The minimum absolute atomic E-state index is 0.157. The zero-order valence-electron chi connectivity index (χ0n) is 17.0. The van der Waals surface area contributed by atoms with Crippen LogP contribution in [0.5, 0.6) is 0 Å². The number of nitrogens with two attached hydrogens (primary N) is 1. The van der Waals surface area contributed by atoms with Crippen LogP contribution in [0.2, 0.25) is 0 Å². The van der Waals surface area contributed by atoms with Crippen LogP contribution in [0.4, 0.5) is 5.82 Å². The number of hydrogen-bond acceptors (Lipinski definition) is 8. The molecule has 0 aliphatic heterocycles. The van der Waals surface area contributed by atoms with Crippen LogP contribution in [0.15, 0.2) is 57.5 Å². The van der Waals surface area contributed by atoms with Crippen molar-refractivity contribution in [1.29, 1.82) is 0 Å². The summed E-state index contributed by atoms with van der Waals surface area (Å²) >= 11 is 1.17. The van der Waals surface area contributed by atoms with Gasteiger partial charge in [0.15, 0.2) is 11.4 Å². The minimum Gasteiger partial charge on any atom is -0.384 e. The number of benzene rings is 1. The summed E-state index contributed by atoms with van der Waals surface area (Å²) in [6.45, 7) is 1.66. The molecule has 3 aromatic heterocycles. The largest absolute Gasteiger partial charge is 0.384 e. The van der Waals surface area contributed by atoms with E-state index in [2.05, 4.69) is 15.1 Å². The molecule has 0 spiro atoms. The number of fused-ring (bicyclic) bond motifs is 1. The first-order chi connectivity index (χ1) is 14.8. The lowest BCUT2D eigenvalue weighted by molar-refractivity contribution is 0.0992. The summed E-state index contributed by atoms with van der Waals surface area (Å²) < 4.78 is 3.64. The minimum atomic E-state index is -0.720. The number of Topliss-reactive ketones (excluding diaryl/α,β-unsaturated/α-hetero) is 1. The fraction of sp³-hybridized carbons (Fsp3) is 0.200. The maximum absolute atomic E-state index is 13.1. The number of ketones is 1. The molecule has 11 heteroatoms. The molecule has 0 bridgehead atoms. The zero-order chi connectivity index (χ0) is 22.3. The van der Waals surface area contributed by atoms with Crippen molar-refractivity contribution < 1.29 is 4.79 Å². The van der Waals surface area contributed by atoms with Gasteiger partial charge in [-0.3, -0.25) is 18.7 Å². The van der Waals surface area contributed by atoms with Crippen LogP contribution in [0, 0.1) is 0 Å².